The number of hydrogen-bond donors (Lipinski definition) is 1. The summed E-state index contributed by atoms with van der Waals surface area (Å²) in [6, 6.07) is 0.828. The Balaban J connectivity index is 1.90. The van der Waals surface area contributed by atoms with Gasteiger partial charge in [-0.1, -0.05) is 27.7 Å². The topological polar surface area (TPSA) is 23.5 Å². The second-order valence-electron chi connectivity index (χ2n) is 7.72. The van der Waals surface area contributed by atoms with Crippen molar-refractivity contribution in [1.82, 2.24) is 4.90 Å². The molecule has 0 aromatic heterocycles. The second kappa shape index (κ2) is 6.58. The average Bonchev–Trinajstić information content (AvgIpc) is 3.14. The molecule has 0 bridgehead atoms. The summed E-state index contributed by atoms with van der Waals surface area (Å²) in [6.07, 6.45) is 6.19. The Kier molecular flexibility index (Phi) is 5.30. The highest BCUT2D eigenvalue weighted by molar-refractivity contribution is 4.89. The van der Waals surface area contributed by atoms with Crippen molar-refractivity contribution in [2.75, 3.05) is 13.1 Å². The quantitative estimate of drug-likeness (QED) is 0.795. The van der Waals surface area contributed by atoms with Gasteiger partial charge in [0.15, 0.2) is 0 Å². The molecular weight excluding hydrogens is 234 g/mol. The van der Waals surface area contributed by atoms with Crippen LogP contribution >= 0.6 is 0 Å². The van der Waals surface area contributed by atoms with Crippen molar-refractivity contribution in [3.8, 4) is 0 Å². The van der Waals surface area contributed by atoms with Crippen LogP contribution in [-0.2, 0) is 0 Å². The van der Waals surface area contributed by atoms with E-state index in [9.17, 15) is 5.11 Å². The number of rotatable bonds is 6. The minimum absolute atomic E-state index is 0.0524. The molecule has 1 N–H and O–H groups in total. The first-order chi connectivity index (χ1) is 8.97. The number of nitrogens with zero attached hydrogens (tertiary/aromatic N) is 1. The minimum Gasteiger partial charge on any atom is -0.393 e. The van der Waals surface area contributed by atoms with E-state index in [1.54, 1.807) is 0 Å². The van der Waals surface area contributed by atoms with Crippen molar-refractivity contribution in [3.05, 3.63) is 0 Å². The van der Waals surface area contributed by atoms with Crippen LogP contribution in [-0.4, -0.2) is 35.2 Å². The third kappa shape index (κ3) is 4.46. The van der Waals surface area contributed by atoms with Crippen LogP contribution < -0.4 is 0 Å². The molecule has 0 aromatic rings. The van der Waals surface area contributed by atoms with E-state index in [4.69, 9.17) is 0 Å². The Morgan fingerprint density at radius 1 is 1.05 bits per heavy atom. The van der Waals surface area contributed by atoms with Crippen LogP contribution in [0.5, 0.6) is 0 Å². The van der Waals surface area contributed by atoms with E-state index in [0.717, 1.165) is 36.8 Å². The SMILES string of the molecule is CC(C)CN(CC1CC(C(C)C)CCC1O)C1CC1. The zero-order valence-corrected chi connectivity index (χ0v) is 13.3. The first-order valence-corrected chi connectivity index (χ1v) is 8.39. The first kappa shape index (κ1) is 15.3. The molecule has 0 spiro atoms. The molecule has 0 heterocycles. The zero-order chi connectivity index (χ0) is 14.0. The summed E-state index contributed by atoms with van der Waals surface area (Å²) in [6.45, 7) is 11.6. The van der Waals surface area contributed by atoms with Gasteiger partial charge in [0, 0.05) is 19.1 Å². The predicted molar refractivity (Wildman–Crippen MR) is 81.1 cm³/mol. The van der Waals surface area contributed by atoms with Crippen molar-refractivity contribution < 1.29 is 5.11 Å². The zero-order valence-electron chi connectivity index (χ0n) is 13.3. The van der Waals surface area contributed by atoms with E-state index in [0.29, 0.717) is 5.92 Å². The molecule has 3 unspecified atom stereocenters. The molecule has 0 amide bonds. The van der Waals surface area contributed by atoms with Gasteiger partial charge in [0.05, 0.1) is 6.10 Å². The largest absolute Gasteiger partial charge is 0.393 e. The third-order valence-electron chi connectivity index (χ3n) is 5.06. The lowest BCUT2D eigenvalue weighted by Crippen LogP contribution is -2.42. The van der Waals surface area contributed by atoms with Crippen LogP contribution in [0.4, 0.5) is 0 Å². The van der Waals surface area contributed by atoms with E-state index in [1.165, 1.54) is 32.2 Å². The second-order valence-corrected chi connectivity index (χ2v) is 7.72. The summed E-state index contributed by atoms with van der Waals surface area (Å²) in [5.41, 5.74) is 0. The van der Waals surface area contributed by atoms with Crippen molar-refractivity contribution in [2.45, 2.75) is 71.9 Å². The lowest BCUT2D eigenvalue weighted by atomic mass is 9.74. The van der Waals surface area contributed by atoms with Crippen molar-refractivity contribution in [3.63, 3.8) is 0 Å². The van der Waals surface area contributed by atoms with Gasteiger partial charge in [-0.3, -0.25) is 4.90 Å². The van der Waals surface area contributed by atoms with E-state index >= 15 is 0 Å². The molecule has 2 rings (SSSR count). The summed E-state index contributed by atoms with van der Waals surface area (Å²) in [5.74, 6) is 2.85. The molecule has 2 aliphatic carbocycles. The highest BCUT2D eigenvalue weighted by Crippen LogP contribution is 2.36. The Bertz CT molecular complexity index is 272. The molecule has 2 fully saturated rings. The van der Waals surface area contributed by atoms with Crippen LogP contribution in [0.1, 0.15) is 59.8 Å². The summed E-state index contributed by atoms with van der Waals surface area (Å²) < 4.78 is 0. The van der Waals surface area contributed by atoms with Crippen molar-refractivity contribution >= 4 is 0 Å². The molecule has 3 atom stereocenters. The normalized spacial score (nSPS) is 32.5. The van der Waals surface area contributed by atoms with Gasteiger partial charge in [0.25, 0.3) is 0 Å². The molecule has 19 heavy (non-hydrogen) atoms. The van der Waals surface area contributed by atoms with Crippen LogP contribution in [0.25, 0.3) is 0 Å². The van der Waals surface area contributed by atoms with E-state index in [2.05, 4.69) is 32.6 Å². The van der Waals surface area contributed by atoms with Gasteiger partial charge in [-0.25, -0.2) is 0 Å². The van der Waals surface area contributed by atoms with E-state index in [-0.39, 0.29) is 6.10 Å². The molecule has 2 nitrogen and oxygen atoms in total. The van der Waals surface area contributed by atoms with Gasteiger partial charge in [-0.2, -0.15) is 0 Å². The van der Waals surface area contributed by atoms with Gasteiger partial charge in [0.2, 0.25) is 0 Å². The Morgan fingerprint density at radius 3 is 2.26 bits per heavy atom. The number of aliphatic hydroxyl groups is 1. The van der Waals surface area contributed by atoms with E-state index in [1.807, 2.05) is 0 Å². The molecule has 0 saturated heterocycles. The molecule has 0 aromatic carbocycles. The smallest absolute Gasteiger partial charge is 0.0580 e. The van der Waals surface area contributed by atoms with Crippen molar-refractivity contribution in [2.24, 2.45) is 23.7 Å². The molecule has 0 radical (unpaired) electrons. The summed E-state index contributed by atoms with van der Waals surface area (Å²) in [4.78, 5) is 2.67. The van der Waals surface area contributed by atoms with Gasteiger partial charge in [0.1, 0.15) is 0 Å². The Hall–Kier alpha value is -0.0800. The van der Waals surface area contributed by atoms with Crippen molar-refractivity contribution in [1.29, 1.82) is 0 Å². The molecule has 2 aliphatic rings. The predicted octanol–water partition coefficient (Wildman–Crippen LogP) is 3.54. The molecular formula is C17H33NO. The molecule has 2 saturated carbocycles. The van der Waals surface area contributed by atoms with Gasteiger partial charge >= 0.3 is 0 Å². The Labute approximate surface area is 119 Å². The molecule has 2 heteroatoms. The summed E-state index contributed by atoms with van der Waals surface area (Å²) in [7, 11) is 0. The van der Waals surface area contributed by atoms with Crippen LogP contribution in [0, 0.1) is 23.7 Å². The van der Waals surface area contributed by atoms with Gasteiger partial charge in [-0.15, -0.1) is 0 Å². The van der Waals surface area contributed by atoms with Gasteiger partial charge in [-0.05, 0) is 55.8 Å². The van der Waals surface area contributed by atoms with Crippen LogP contribution in [0.2, 0.25) is 0 Å². The molecule has 112 valence electrons. The fraction of sp³-hybridized carbons (Fsp3) is 1.00. The van der Waals surface area contributed by atoms with Gasteiger partial charge < -0.3 is 5.11 Å². The minimum atomic E-state index is -0.0524. The fourth-order valence-corrected chi connectivity index (χ4v) is 3.67. The summed E-state index contributed by atoms with van der Waals surface area (Å²) in [5, 5.41) is 10.3. The van der Waals surface area contributed by atoms with E-state index < -0.39 is 0 Å². The highest BCUT2D eigenvalue weighted by Gasteiger charge is 2.36. The lowest BCUT2D eigenvalue weighted by Gasteiger charge is -2.38. The third-order valence-corrected chi connectivity index (χ3v) is 5.06. The highest BCUT2D eigenvalue weighted by atomic mass is 16.3. The van der Waals surface area contributed by atoms with Crippen LogP contribution in [0.3, 0.4) is 0 Å². The maximum Gasteiger partial charge on any atom is 0.0580 e. The Morgan fingerprint density at radius 2 is 1.74 bits per heavy atom. The monoisotopic (exact) mass is 267 g/mol. The standard InChI is InChI=1S/C17H33NO/c1-12(2)10-18(16-6-7-16)11-15-9-14(13(3)4)5-8-17(15)19/h12-17,19H,5-11H2,1-4H3. The maximum absolute atomic E-state index is 10.3. The number of hydrogen-bond acceptors (Lipinski definition) is 2. The average molecular weight is 267 g/mol. The summed E-state index contributed by atoms with van der Waals surface area (Å²) >= 11 is 0. The van der Waals surface area contributed by atoms with Crippen LogP contribution in [0.15, 0.2) is 0 Å². The number of aliphatic hydroxyl groups excluding tert-OH is 1. The molecule has 0 aliphatic heterocycles. The maximum atomic E-state index is 10.3. The fourth-order valence-electron chi connectivity index (χ4n) is 3.67. The first-order valence-electron chi connectivity index (χ1n) is 8.39. The lowest BCUT2D eigenvalue weighted by molar-refractivity contribution is 0.0152.